The molecule has 0 saturated carbocycles. The summed E-state index contributed by atoms with van der Waals surface area (Å²) >= 11 is 0. The van der Waals surface area contributed by atoms with E-state index >= 15 is 0 Å². The van der Waals surface area contributed by atoms with Crippen molar-refractivity contribution >= 4 is 5.97 Å². The third-order valence-electron chi connectivity index (χ3n) is 4.66. The molecule has 0 aliphatic carbocycles. The SMILES string of the molecule is CC(C)OC=C(CC1CC(C)(C)N(C)C(C)(C)C1)C(=O)O. The molecule has 0 bridgehead atoms. The first-order chi connectivity index (χ1) is 9.45. The molecule has 1 rings (SSSR count). The highest BCUT2D eigenvalue weighted by atomic mass is 16.5. The lowest BCUT2D eigenvalue weighted by molar-refractivity contribution is -0.133. The number of rotatable bonds is 5. The lowest BCUT2D eigenvalue weighted by Crippen LogP contribution is -2.58. The predicted octanol–water partition coefficient (Wildman–Crippen LogP) is 3.67. The first-order valence-electron chi connectivity index (χ1n) is 7.77. The third kappa shape index (κ3) is 4.73. The maximum Gasteiger partial charge on any atom is 0.334 e. The average Bonchev–Trinajstić information content (AvgIpc) is 2.30. The van der Waals surface area contributed by atoms with Gasteiger partial charge in [-0.15, -0.1) is 0 Å². The van der Waals surface area contributed by atoms with Gasteiger partial charge in [-0.3, -0.25) is 4.90 Å². The minimum atomic E-state index is -0.870. The maximum atomic E-state index is 11.4. The van der Waals surface area contributed by atoms with E-state index in [1.807, 2.05) is 13.8 Å². The number of hydrogen-bond donors (Lipinski definition) is 1. The van der Waals surface area contributed by atoms with Gasteiger partial charge in [-0.2, -0.15) is 0 Å². The van der Waals surface area contributed by atoms with Crippen LogP contribution in [-0.4, -0.2) is 40.2 Å². The Morgan fingerprint density at radius 2 is 1.76 bits per heavy atom. The molecule has 0 aromatic carbocycles. The van der Waals surface area contributed by atoms with Gasteiger partial charge in [-0.1, -0.05) is 0 Å². The van der Waals surface area contributed by atoms with Gasteiger partial charge in [0, 0.05) is 11.1 Å². The third-order valence-corrected chi connectivity index (χ3v) is 4.66. The number of piperidine rings is 1. The van der Waals surface area contributed by atoms with Crippen molar-refractivity contribution < 1.29 is 14.6 Å². The smallest absolute Gasteiger partial charge is 0.334 e. The van der Waals surface area contributed by atoms with Crippen molar-refractivity contribution in [2.24, 2.45) is 5.92 Å². The van der Waals surface area contributed by atoms with Gasteiger partial charge in [0.25, 0.3) is 0 Å². The summed E-state index contributed by atoms with van der Waals surface area (Å²) in [4.78, 5) is 13.8. The summed E-state index contributed by atoms with van der Waals surface area (Å²) < 4.78 is 5.38. The van der Waals surface area contributed by atoms with Crippen LogP contribution in [0.15, 0.2) is 11.8 Å². The van der Waals surface area contributed by atoms with Gasteiger partial charge in [-0.05, 0) is 73.8 Å². The Kier molecular flexibility index (Phi) is 5.48. The van der Waals surface area contributed by atoms with Crippen molar-refractivity contribution in [3.63, 3.8) is 0 Å². The molecule has 1 fully saturated rings. The van der Waals surface area contributed by atoms with Gasteiger partial charge < -0.3 is 9.84 Å². The Balaban J connectivity index is 2.85. The molecule has 0 aromatic rings. The van der Waals surface area contributed by atoms with E-state index in [1.165, 1.54) is 6.26 Å². The Labute approximate surface area is 129 Å². The highest BCUT2D eigenvalue weighted by Gasteiger charge is 2.43. The fourth-order valence-electron chi connectivity index (χ4n) is 3.44. The van der Waals surface area contributed by atoms with Crippen LogP contribution in [0.5, 0.6) is 0 Å². The number of likely N-dealkylation sites (tertiary alicyclic amines) is 1. The van der Waals surface area contributed by atoms with E-state index < -0.39 is 5.97 Å². The molecule has 0 spiro atoms. The first-order valence-corrected chi connectivity index (χ1v) is 7.77. The molecular formula is C17H31NO3. The van der Waals surface area contributed by atoms with Crippen LogP contribution in [0.2, 0.25) is 0 Å². The summed E-state index contributed by atoms with van der Waals surface area (Å²) in [5.74, 6) is -0.505. The van der Waals surface area contributed by atoms with Gasteiger partial charge in [-0.25, -0.2) is 4.79 Å². The second kappa shape index (κ2) is 6.39. The molecule has 4 nitrogen and oxygen atoms in total. The van der Waals surface area contributed by atoms with Crippen LogP contribution in [0.1, 0.15) is 60.8 Å². The zero-order valence-corrected chi connectivity index (χ0v) is 14.6. The number of nitrogens with zero attached hydrogens (tertiary/aromatic N) is 1. The standard InChI is InChI=1S/C17H31NO3/c1-12(2)21-11-14(15(19)20)8-13-9-16(3,4)18(7)17(5,6)10-13/h11-13H,8-10H2,1-7H3,(H,19,20). The largest absolute Gasteiger partial charge is 0.498 e. The molecule has 21 heavy (non-hydrogen) atoms. The van der Waals surface area contributed by atoms with E-state index in [1.54, 1.807) is 0 Å². The number of hydrogen-bond acceptors (Lipinski definition) is 3. The lowest BCUT2D eigenvalue weighted by Gasteiger charge is -2.53. The van der Waals surface area contributed by atoms with Gasteiger partial charge in [0.05, 0.1) is 17.9 Å². The molecule has 0 unspecified atom stereocenters. The second-order valence-electron chi connectivity index (χ2n) is 7.80. The molecule has 1 aliphatic rings. The predicted molar refractivity (Wildman–Crippen MR) is 85.2 cm³/mol. The Hall–Kier alpha value is -1.03. The van der Waals surface area contributed by atoms with E-state index in [2.05, 4.69) is 39.6 Å². The number of carboxylic acid groups (broad SMARTS) is 1. The topological polar surface area (TPSA) is 49.8 Å². The summed E-state index contributed by atoms with van der Waals surface area (Å²) in [5, 5.41) is 9.37. The van der Waals surface area contributed by atoms with Crippen molar-refractivity contribution in [3.8, 4) is 0 Å². The van der Waals surface area contributed by atoms with Crippen LogP contribution in [0.25, 0.3) is 0 Å². The summed E-state index contributed by atoms with van der Waals surface area (Å²) in [6.45, 7) is 12.7. The van der Waals surface area contributed by atoms with Crippen LogP contribution in [0, 0.1) is 5.92 Å². The maximum absolute atomic E-state index is 11.4. The zero-order chi connectivity index (χ0) is 16.4. The minimum Gasteiger partial charge on any atom is -0.498 e. The highest BCUT2D eigenvalue weighted by molar-refractivity contribution is 5.86. The second-order valence-corrected chi connectivity index (χ2v) is 7.80. The van der Waals surface area contributed by atoms with Crippen molar-refractivity contribution in [1.82, 2.24) is 4.90 Å². The number of carboxylic acids is 1. The average molecular weight is 297 g/mol. The van der Waals surface area contributed by atoms with E-state index in [4.69, 9.17) is 4.74 Å². The van der Waals surface area contributed by atoms with Crippen LogP contribution in [0.3, 0.4) is 0 Å². The molecule has 4 heteroatoms. The molecule has 0 atom stereocenters. The van der Waals surface area contributed by atoms with Gasteiger partial charge in [0.2, 0.25) is 0 Å². The van der Waals surface area contributed by atoms with E-state index in [0.29, 0.717) is 17.9 Å². The van der Waals surface area contributed by atoms with Gasteiger partial charge in [0.1, 0.15) is 0 Å². The molecule has 1 N–H and O–H groups in total. The van der Waals surface area contributed by atoms with Crippen LogP contribution in [-0.2, 0) is 9.53 Å². The minimum absolute atomic E-state index is 0.00437. The van der Waals surface area contributed by atoms with E-state index in [-0.39, 0.29) is 17.2 Å². The molecule has 0 aromatic heterocycles. The Morgan fingerprint density at radius 1 is 1.29 bits per heavy atom. The fourth-order valence-corrected chi connectivity index (χ4v) is 3.44. The number of aliphatic carboxylic acids is 1. The molecular weight excluding hydrogens is 266 g/mol. The normalized spacial score (nSPS) is 23.3. The van der Waals surface area contributed by atoms with Gasteiger partial charge >= 0.3 is 5.97 Å². The zero-order valence-electron chi connectivity index (χ0n) is 14.6. The molecule has 0 radical (unpaired) electrons. The highest BCUT2D eigenvalue weighted by Crippen LogP contribution is 2.42. The number of ether oxygens (including phenoxy) is 1. The molecule has 0 amide bonds. The first kappa shape index (κ1) is 18.0. The van der Waals surface area contributed by atoms with Crippen LogP contribution < -0.4 is 0 Å². The fraction of sp³-hybridized carbons (Fsp3) is 0.824. The van der Waals surface area contributed by atoms with Gasteiger partial charge in [0.15, 0.2) is 0 Å². The molecule has 1 saturated heterocycles. The van der Waals surface area contributed by atoms with Crippen LogP contribution >= 0.6 is 0 Å². The summed E-state index contributed by atoms with van der Waals surface area (Å²) in [5.41, 5.74) is 0.536. The number of carbonyl (C=O) groups is 1. The quantitative estimate of drug-likeness (QED) is 0.621. The van der Waals surface area contributed by atoms with Crippen molar-refractivity contribution in [3.05, 3.63) is 11.8 Å². The summed E-state index contributed by atoms with van der Waals surface area (Å²) in [6, 6.07) is 0. The Bertz CT molecular complexity index is 392. The van der Waals surface area contributed by atoms with E-state index in [9.17, 15) is 9.90 Å². The van der Waals surface area contributed by atoms with Crippen LogP contribution in [0.4, 0.5) is 0 Å². The van der Waals surface area contributed by atoms with Crippen molar-refractivity contribution in [1.29, 1.82) is 0 Å². The molecule has 1 aliphatic heterocycles. The monoisotopic (exact) mass is 297 g/mol. The van der Waals surface area contributed by atoms with Crippen molar-refractivity contribution in [2.45, 2.75) is 78.0 Å². The van der Waals surface area contributed by atoms with Crippen molar-refractivity contribution in [2.75, 3.05) is 7.05 Å². The molecule has 1 heterocycles. The molecule has 122 valence electrons. The van der Waals surface area contributed by atoms with E-state index in [0.717, 1.165) is 12.8 Å². The lowest BCUT2D eigenvalue weighted by atomic mass is 9.72. The summed E-state index contributed by atoms with van der Waals surface area (Å²) in [6.07, 6.45) is 4.01. The Morgan fingerprint density at radius 3 is 2.14 bits per heavy atom. The summed E-state index contributed by atoms with van der Waals surface area (Å²) in [7, 11) is 2.16.